The zero-order valence-corrected chi connectivity index (χ0v) is 8.60. The number of para-hydroxylation sites is 1. The second kappa shape index (κ2) is 4.62. The molecule has 0 spiro atoms. The maximum Gasteiger partial charge on any atom is 0.188 e. The van der Waals surface area contributed by atoms with Crippen LogP contribution in [-0.4, -0.2) is 7.11 Å². The Labute approximate surface area is 89.5 Å². The highest BCUT2D eigenvalue weighted by molar-refractivity contribution is 5.40. The van der Waals surface area contributed by atoms with Crippen molar-refractivity contribution >= 4 is 11.4 Å². The van der Waals surface area contributed by atoms with Gasteiger partial charge in [0.15, 0.2) is 11.4 Å². The van der Waals surface area contributed by atoms with Crippen molar-refractivity contribution in [1.29, 1.82) is 0 Å². The van der Waals surface area contributed by atoms with Crippen LogP contribution in [0.25, 0.3) is 0 Å². The maximum absolute atomic E-state index is 5.15. The molecule has 0 aliphatic heterocycles. The molecule has 0 saturated carbocycles. The van der Waals surface area contributed by atoms with Crippen LogP contribution in [0.4, 0.5) is 11.4 Å². The minimum Gasteiger partial charge on any atom is -0.497 e. The predicted molar refractivity (Wildman–Crippen MR) is 59.7 cm³/mol. The summed E-state index contributed by atoms with van der Waals surface area (Å²) in [6.07, 6.45) is 0. The van der Waals surface area contributed by atoms with Crippen LogP contribution < -0.4 is 10.1 Å². The van der Waals surface area contributed by atoms with Gasteiger partial charge in [-0.1, -0.05) is 24.3 Å². The summed E-state index contributed by atoms with van der Waals surface area (Å²) in [5, 5.41) is 3.30. The SMILES string of the molecule is COc1cccc([NH+]c2ccccc2)c1. The lowest BCUT2D eigenvalue weighted by Crippen LogP contribution is -2.70. The minimum absolute atomic E-state index is 0.857. The number of ether oxygens (including phenoxy) is 1. The van der Waals surface area contributed by atoms with Gasteiger partial charge in [-0.15, -0.1) is 5.32 Å². The molecule has 0 saturated heterocycles. The van der Waals surface area contributed by atoms with Gasteiger partial charge < -0.3 is 4.74 Å². The van der Waals surface area contributed by atoms with Gasteiger partial charge in [0.05, 0.1) is 7.11 Å². The van der Waals surface area contributed by atoms with Crippen molar-refractivity contribution in [2.45, 2.75) is 0 Å². The summed E-state index contributed by atoms with van der Waals surface area (Å²) in [7, 11) is 1.67. The van der Waals surface area contributed by atoms with Crippen LogP contribution in [0.1, 0.15) is 0 Å². The third-order valence-corrected chi connectivity index (χ3v) is 2.13. The molecule has 0 atom stereocenters. The summed E-state index contributed by atoms with van der Waals surface area (Å²) < 4.78 is 5.15. The molecule has 75 valence electrons. The molecular weight excluding hydrogens is 186 g/mol. The number of anilines is 2. The Morgan fingerprint density at radius 2 is 1.60 bits per heavy atom. The molecule has 0 amide bonds. The van der Waals surface area contributed by atoms with Gasteiger partial charge in [0.2, 0.25) is 0 Å². The topological polar surface area (TPSA) is 24.8 Å². The molecule has 0 heterocycles. The maximum atomic E-state index is 5.15. The number of methoxy groups -OCH3 is 1. The fourth-order valence-electron chi connectivity index (χ4n) is 1.39. The van der Waals surface area contributed by atoms with Crippen LogP contribution >= 0.6 is 0 Å². The average molecular weight is 199 g/mol. The van der Waals surface area contributed by atoms with E-state index in [-0.39, 0.29) is 0 Å². The fourth-order valence-corrected chi connectivity index (χ4v) is 1.39. The van der Waals surface area contributed by atoms with E-state index in [1.165, 1.54) is 0 Å². The molecule has 1 radical (unpaired) electrons. The third kappa shape index (κ3) is 2.58. The van der Waals surface area contributed by atoms with E-state index in [0.717, 1.165) is 17.1 Å². The Kier molecular flexibility index (Phi) is 3.00. The first-order chi connectivity index (χ1) is 7.38. The standard InChI is InChI=1S/C13H13NO/c1-15-13-9-5-8-12(10-13)14-11-6-3-2-4-7-11/h2-10,14H,1H3/q+1. The largest absolute Gasteiger partial charge is 0.497 e. The molecule has 2 rings (SSSR count). The molecule has 2 heteroatoms. The molecule has 15 heavy (non-hydrogen) atoms. The lowest BCUT2D eigenvalue weighted by molar-refractivity contribution is -0.478. The number of rotatable bonds is 3. The number of hydrogen-bond acceptors (Lipinski definition) is 2. The van der Waals surface area contributed by atoms with Crippen LogP contribution in [0, 0.1) is 0 Å². The summed E-state index contributed by atoms with van der Waals surface area (Å²) in [4.78, 5) is 0. The first kappa shape index (κ1) is 9.74. The van der Waals surface area contributed by atoms with E-state index in [9.17, 15) is 0 Å². The Balaban J connectivity index is 2.17. The zero-order chi connectivity index (χ0) is 10.5. The summed E-state index contributed by atoms with van der Waals surface area (Å²) >= 11 is 0. The van der Waals surface area contributed by atoms with E-state index in [0.29, 0.717) is 0 Å². The van der Waals surface area contributed by atoms with Gasteiger partial charge in [-0.2, -0.15) is 0 Å². The quantitative estimate of drug-likeness (QED) is 0.803. The summed E-state index contributed by atoms with van der Waals surface area (Å²) in [6, 6.07) is 17.9. The van der Waals surface area contributed by atoms with E-state index in [2.05, 4.69) is 5.32 Å². The van der Waals surface area contributed by atoms with E-state index in [4.69, 9.17) is 4.74 Å². The molecule has 0 fully saturated rings. The van der Waals surface area contributed by atoms with Crippen molar-refractivity contribution in [1.82, 2.24) is 0 Å². The molecule has 1 N–H and O–H groups in total. The van der Waals surface area contributed by atoms with Gasteiger partial charge in [0.1, 0.15) is 5.75 Å². The molecule has 0 bridgehead atoms. The zero-order valence-electron chi connectivity index (χ0n) is 8.60. The minimum atomic E-state index is 0.857. The predicted octanol–water partition coefficient (Wildman–Crippen LogP) is 2.01. The van der Waals surface area contributed by atoms with Gasteiger partial charge in [-0.05, 0) is 6.07 Å². The molecule has 2 aromatic carbocycles. The van der Waals surface area contributed by atoms with E-state index in [1.54, 1.807) is 7.11 Å². The average Bonchev–Trinajstić information content (AvgIpc) is 2.31. The Morgan fingerprint density at radius 1 is 0.867 bits per heavy atom. The smallest absolute Gasteiger partial charge is 0.188 e. The normalized spacial score (nSPS) is 9.93. The summed E-state index contributed by atoms with van der Waals surface area (Å²) in [5.41, 5.74) is 2.10. The van der Waals surface area contributed by atoms with Gasteiger partial charge in [-0.3, -0.25) is 0 Å². The fraction of sp³-hybridized carbons (Fsp3) is 0.0769. The number of benzene rings is 2. The van der Waals surface area contributed by atoms with Crippen molar-refractivity contribution in [3.05, 3.63) is 54.6 Å². The van der Waals surface area contributed by atoms with Crippen molar-refractivity contribution in [3.63, 3.8) is 0 Å². The van der Waals surface area contributed by atoms with Crippen molar-refractivity contribution in [2.75, 3.05) is 7.11 Å². The number of nitrogens with one attached hydrogen (secondary N) is 1. The first-order valence-corrected chi connectivity index (χ1v) is 4.84. The molecule has 2 nitrogen and oxygen atoms in total. The van der Waals surface area contributed by atoms with Gasteiger partial charge in [-0.25, -0.2) is 0 Å². The van der Waals surface area contributed by atoms with Crippen LogP contribution in [0.2, 0.25) is 0 Å². The second-order valence-corrected chi connectivity index (χ2v) is 3.22. The van der Waals surface area contributed by atoms with E-state index >= 15 is 0 Å². The van der Waals surface area contributed by atoms with Crippen LogP contribution in [0.5, 0.6) is 5.75 Å². The van der Waals surface area contributed by atoms with E-state index < -0.39 is 0 Å². The highest BCUT2D eigenvalue weighted by Crippen LogP contribution is 2.13. The molecule has 0 unspecified atom stereocenters. The third-order valence-electron chi connectivity index (χ3n) is 2.13. The molecule has 0 aromatic heterocycles. The highest BCUT2D eigenvalue weighted by Gasteiger charge is 2.05. The summed E-state index contributed by atoms with van der Waals surface area (Å²) in [5.74, 6) is 0.857. The van der Waals surface area contributed by atoms with E-state index in [1.807, 2.05) is 54.6 Å². The second-order valence-electron chi connectivity index (χ2n) is 3.22. The number of hydrogen-bond donors (Lipinski definition) is 1. The Bertz CT molecular complexity index is 426. The Hall–Kier alpha value is -1.80. The van der Waals surface area contributed by atoms with Crippen LogP contribution in [0.3, 0.4) is 0 Å². The van der Waals surface area contributed by atoms with Gasteiger partial charge in [0, 0.05) is 24.3 Å². The lowest BCUT2D eigenvalue weighted by Gasteiger charge is -1.98. The Morgan fingerprint density at radius 3 is 2.33 bits per heavy atom. The van der Waals surface area contributed by atoms with Gasteiger partial charge >= 0.3 is 0 Å². The van der Waals surface area contributed by atoms with Crippen molar-refractivity contribution in [2.24, 2.45) is 0 Å². The van der Waals surface area contributed by atoms with Gasteiger partial charge in [0.25, 0.3) is 0 Å². The molecule has 2 aromatic rings. The molecule has 0 aliphatic carbocycles. The molecular formula is C13H13NO+. The monoisotopic (exact) mass is 199 g/mol. The highest BCUT2D eigenvalue weighted by atomic mass is 16.5. The van der Waals surface area contributed by atoms with Crippen LogP contribution in [-0.2, 0) is 0 Å². The van der Waals surface area contributed by atoms with Crippen molar-refractivity contribution in [3.8, 4) is 5.75 Å². The molecule has 0 aliphatic rings. The van der Waals surface area contributed by atoms with Crippen LogP contribution in [0.15, 0.2) is 54.6 Å². The van der Waals surface area contributed by atoms with Crippen molar-refractivity contribution < 1.29 is 10.1 Å². The summed E-state index contributed by atoms with van der Waals surface area (Å²) in [6.45, 7) is 0. The first-order valence-electron chi connectivity index (χ1n) is 4.84. The lowest BCUT2D eigenvalue weighted by atomic mass is 10.2.